The molecule has 2 rings (SSSR count). The number of para-hydroxylation sites is 1. The number of rotatable bonds is 1. The molecular formula is C11H15N5O2. The van der Waals surface area contributed by atoms with Gasteiger partial charge in [0.25, 0.3) is 0 Å². The third kappa shape index (κ3) is 2.45. The van der Waals surface area contributed by atoms with Gasteiger partial charge in [-0.15, -0.1) is 0 Å². The highest BCUT2D eigenvalue weighted by Gasteiger charge is 2.17. The largest absolute Gasteiger partial charge is 0.454 e. The quantitative estimate of drug-likeness (QED) is 0.548. The van der Waals surface area contributed by atoms with Crippen molar-refractivity contribution in [3.63, 3.8) is 0 Å². The first-order valence-electron chi connectivity index (χ1n) is 5.32. The highest BCUT2D eigenvalue weighted by molar-refractivity contribution is 5.94. The van der Waals surface area contributed by atoms with Gasteiger partial charge in [-0.3, -0.25) is 0 Å². The molecule has 0 unspecified atom stereocenters. The number of guanidine groups is 2. The van der Waals surface area contributed by atoms with E-state index in [2.05, 4.69) is 9.98 Å². The van der Waals surface area contributed by atoms with Crippen LogP contribution in [0.1, 0.15) is 0 Å². The molecule has 0 saturated heterocycles. The molecule has 0 fully saturated rings. The summed E-state index contributed by atoms with van der Waals surface area (Å²) < 4.78 is 10.5. The number of aliphatic imine (C=N–C) groups is 2. The first kappa shape index (κ1) is 12.0. The predicted molar refractivity (Wildman–Crippen MR) is 69.2 cm³/mol. The van der Waals surface area contributed by atoms with Crippen molar-refractivity contribution in [3.05, 3.63) is 18.2 Å². The van der Waals surface area contributed by atoms with Crippen LogP contribution in [0.2, 0.25) is 0 Å². The second-order valence-electron chi connectivity index (χ2n) is 3.85. The minimum absolute atomic E-state index is 0.0603. The number of nitrogens with zero attached hydrogens (tertiary/aromatic N) is 3. The van der Waals surface area contributed by atoms with Crippen molar-refractivity contribution in [2.24, 2.45) is 21.5 Å². The summed E-state index contributed by atoms with van der Waals surface area (Å²) in [6, 6.07) is 5.37. The Morgan fingerprint density at radius 2 is 2.06 bits per heavy atom. The molecule has 96 valence electrons. The molecule has 7 heteroatoms. The highest BCUT2D eigenvalue weighted by Crippen LogP contribution is 2.40. The van der Waals surface area contributed by atoms with E-state index in [0.717, 1.165) is 0 Å². The molecule has 1 aromatic rings. The van der Waals surface area contributed by atoms with Gasteiger partial charge in [-0.2, -0.15) is 4.99 Å². The van der Waals surface area contributed by atoms with Crippen LogP contribution < -0.4 is 20.9 Å². The lowest BCUT2D eigenvalue weighted by Gasteiger charge is -2.09. The van der Waals surface area contributed by atoms with E-state index in [0.29, 0.717) is 17.2 Å². The Labute approximate surface area is 105 Å². The fourth-order valence-electron chi connectivity index (χ4n) is 1.37. The van der Waals surface area contributed by atoms with Crippen LogP contribution in [0.4, 0.5) is 5.69 Å². The molecule has 0 saturated carbocycles. The van der Waals surface area contributed by atoms with E-state index in [4.69, 9.17) is 20.9 Å². The number of ether oxygens (including phenoxy) is 2. The second-order valence-corrected chi connectivity index (χ2v) is 3.85. The van der Waals surface area contributed by atoms with Crippen molar-refractivity contribution >= 4 is 17.6 Å². The van der Waals surface area contributed by atoms with Crippen LogP contribution in [0, 0.1) is 0 Å². The molecule has 0 radical (unpaired) electrons. The minimum atomic E-state index is 0.0603. The molecule has 0 aromatic heterocycles. The van der Waals surface area contributed by atoms with Crippen molar-refractivity contribution in [1.29, 1.82) is 0 Å². The van der Waals surface area contributed by atoms with Crippen LogP contribution in [-0.4, -0.2) is 37.7 Å². The summed E-state index contributed by atoms with van der Waals surface area (Å²) in [7, 11) is 3.53. The number of hydrogen-bond donors (Lipinski definition) is 2. The number of nitrogens with two attached hydrogens (primary N) is 2. The third-order valence-electron chi connectivity index (χ3n) is 2.30. The van der Waals surface area contributed by atoms with Gasteiger partial charge in [0.05, 0.1) is 0 Å². The Morgan fingerprint density at radius 1 is 1.28 bits per heavy atom. The summed E-state index contributed by atoms with van der Waals surface area (Å²) in [5.41, 5.74) is 11.9. The zero-order valence-corrected chi connectivity index (χ0v) is 10.3. The average Bonchev–Trinajstić information content (AvgIpc) is 2.77. The Balaban J connectivity index is 2.29. The fraction of sp³-hybridized carbons (Fsp3) is 0.273. The normalized spacial score (nSPS) is 14.8. The molecule has 1 aromatic carbocycles. The van der Waals surface area contributed by atoms with Gasteiger partial charge < -0.3 is 25.8 Å². The molecule has 1 aliphatic rings. The lowest BCUT2D eigenvalue weighted by Crippen LogP contribution is -2.32. The fourth-order valence-corrected chi connectivity index (χ4v) is 1.37. The van der Waals surface area contributed by atoms with E-state index in [1.54, 1.807) is 37.2 Å². The second kappa shape index (κ2) is 4.82. The molecule has 0 amide bonds. The van der Waals surface area contributed by atoms with Crippen molar-refractivity contribution < 1.29 is 9.47 Å². The van der Waals surface area contributed by atoms with Crippen molar-refractivity contribution in [2.75, 3.05) is 20.9 Å². The highest BCUT2D eigenvalue weighted by atomic mass is 16.7. The van der Waals surface area contributed by atoms with Crippen LogP contribution in [0.3, 0.4) is 0 Å². The Morgan fingerprint density at radius 3 is 2.78 bits per heavy atom. The Hall–Kier alpha value is -2.44. The predicted octanol–water partition coefficient (Wildman–Crippen LogP) is 0.238. The Bertz CT molecular complexity index is 510. The van der Waals surface area contributed by atoms with Gasteiger partial charge in [0, 0.05) is 14.1 Å². The monoisotopic (exact) mass is 249 g/mol. The first-order valence-corrected chi connectivity index (χ1v) is 5.32. The van der Waals surface area contributed by atoms with Crippen LogP contribution in [0.5, 0.6) is 11.5 Å². The van der Waals surface area contributed by atoms with Gasteiger partial charge >= 0.3 is 0 Å². The minimum Gasteiger partial charge on any atom is -0.454 e. The van der Waals surface area contributed by atoms with E-state index in [-0.39, 0.29) is 18.7 Å². The maximum atomic E-state index is 5.70. The van der Waals surface area contributed by atoms with Crippen molar-refractivity contribution in [3.8, 4) is 11.5 Å². The number of hydrogen-bond acceptors (Lipinski definition) is 3. The van der Waals surface area contributed by atoms with E-state index in [1.165, 1.54) is 0 Å². The summed E-state index contributed by atoms with van der Waals surface area (Å²) in [6.07, 6.45) is 0. The van der Waals surface area contributed by atoms with Gasteiger partial charge in [-0.1, -0.05) is 6.07 Å². The van der Waals surface area contributed by atoms with E-state index in [9.17, 15) is 0 Å². The van der Waals surface area contributed by atoms with Gasteiger partial charge in [-0.25, -0.2) is 4.99 Å². The van der Waals surface area contributed by atoms with Crippen molar-refractivity contribution in [2.45, 2.75) is 0 Å². The van der Waals surface area contributed by atoms with Gasteiger partial charge in [0.15, 0.2) is 17.5 Å². The Kier molecular flexibility index (Phi) is 3.22. The summed E-state index contributed by atoms with van der Waals surface area (Å²) in [6.45, 7) is 0.185. The SMILES string of the molecule is CN(C)C(N)=NC(N)=Nc1cccc2c1OCO2. The van der Waals surface area contributed by atoms with Crippen LogP contribution in [0.15, 0.2) is 28.2 Å². The molecule has 7 nitrogen and oxygen atoms in total. The maximum Gasteiger partial charge on any atom is 0.231 e. The van der Waals surface area contributed by atoms with Crippen LogP contribution >= 0.6 is 0 Å². The van der Waals surface area contributed by atoms with Crippen molar-refractivity contribution in [1.82, 2.24) is 4.90 Å². The lowest BCUT2D eigenvalue weighted by atomic mass is 10.3. The first-order chi connectivity index (χ1) is 8.58. The van der Waals surface area contributed by atoms with Gasteiger partial charge in [-0.05, 0) is 12.1 Å². The summed E-state index contributed by atoms with van der Waals surface area (Å²) in [5, 5.41) is 0. The molecule has 1 aliphatic heterocycles. The molecule has 0 atom stereocenters. The van der Waals surface area contributed by atoms with Crippen LogP contribution in [0.25, 0.3) is 0 Å². The summed E-state index contributed by atoms with van der Waals surface area (Å²) in [4.78, 5) is 9.73. The number of fused-ring (bicyclic) bond motifs is 1. The number of benzene rings is 1. The standard InChI is InChI=1S/C11H15N5O2/c1-16(2)11(13)15-10(12)14-7-4-3-5-8-9(7)18-6-17-8/h3-5H,6H2,1-2H3,(H4,12,13,14,15). The van der Waals surface area contributed by atoms with E-state index < -0.39 is 0 Å². The molecule has 0 bridgehead atoms. The average molecular weight is 249 g/mol. The van der Waals surface area contributed by atoms with E-state index >= 15 is 0 Å². The molecule has 0 aliphatic carbocycles. The summed E-state index contributed by atoms with van der Waals surface area (Å²) >= 11 is 0. The van der Waals surface area contributed by atoms with Crippen LogP contribution in [-0.2, 0) is 0 Å². The summed E-state index contributed by atoms with van der Waals surface area (Å²) in [5.74, 6) is 1.55. The maximum absolute atomic E-state index is 5.70. The lowest BCUT2D eigenvalue weighted by molar-refractivity contribution is 0.174. The van der Waals surface area contributed by atoms with E-state index in [1.807, 2.05) is 0 Å². The molecule has 1 heterocycles. The smallest absolute Gasteiger partial charge is 0.231 e. The molecular weight excluding hydrogens is 234 g/mol. The molecule has 4 N–H and O–H groups in total. The van der Waals surface area contributed by atoms with Gasteiger partial charge in [0.2, 0.25) is 12.8 Å². The zero-order chi connectivity index (χ0) is 13.1. The topological polar surface area (TPSA) is 98.5 Å². The van der Waals surface area contributed by atoms with Gasteiger partial charge in [0.1, 0.15) is 5.69 Å². The molecule has 18 heavy (non-hydrogen) atoms. The third-order valence-corrected chi connectivity index (χ3v) is 2.30. The molecule has 0 spiro atoms. The zero-order valence-electron chi connectivity index (χ0n) is 10.3.